The Hall–Kier alpha value is -2.31. The molecular formula is C24H27ClN2O3S. The summed E-state index contributed by atoms with van der Waals surface area (Å²) in [6.07, 6.45) is 4.47. The number of carbonyl (C=O) groups excluding carboxylic acids is 1. The van der Waals surface area contributed by atoms with E-state index in [2.05, 4.69) is 9.64 Å². The van der Waals surface area contributed by atoms with Crippen LogP contribution < -0.4 is 9.64 Å². The first-order valence-electron chi connectivity index (χ1n) is 10.7. The number of aromatic nitrogens is 1. The van der Waals surface area contributed by atoms with Gasteiger partial charge in [-0.1, -0.05) is 35.1 Å². The van der Waals surface area contributed by atoms with E-state index in [4.69, 9.17) is 21.3 Å². The molecule has 1 fully saturated rings. The van der Waals surface area contributed by atoms with Crippen molar-refractivity contribution in [3.8, 4) is 5.75 Å². The number of esters is 1. The predicted molar refractivity (Wildman–Crippen MR) is 126 cm³/mol. The molecule has 0 unspecified atom stereocenters. The Labute approximate surface area is 191 Å². The Balaban J connectivity index is 1.19. The van der Waals surface area contributed by atoms with E-state index in [-0.39, 0.29) is 5.97 Å². The highest BCUT2D eigenvalue weighted by Crippen LogP contribution is 2.33. The summed E-state index contributed by atoms with van der Waals surface area (Å²) in [5, 5.41) is 1.86. The van der Waals surface area contributed by atoms with Gasteiger partial charge in [-0.2, -0.15) is 0 Å². The summed E-state index contributed by atoms with van der Waals surface area (Å²) < 4.78 is 11.8. The quantitative estimate of drug-likeness (QED) is 0.403. The minimum absolute atomic E-state index is 0.182. The van der Waals surface area contributed by atoms with Crippen molar-refractivity contribution < 1.29 is 14.3 Å². The number of aryl methyl sites for hydroxylation is 1. The highest BCUT2D eigenvalue weighted by Gasteiger charge is 2.21. The van der Waals surface area contributed by atoms with E-state index < -0.39 is 0 Å². The molecule has 0 bridgehead atoms. The zero-order chi connectivity index (χ0) is 21.6. The molecule has 0 spiro atoms. The normalized spacial score (nSPS) is 14.7. The summed E-state index contributed by atoms with van der Waals surface area (Å²) in [4.78, 5) is 18.4. The van der Waals surface area contributed by atoms with Gasteiger partial charge >= 0.3 is 5.97 Å². The average molecular weight is 459 g/mol. The molecule has 0 aliphatic carbocycles. The Morgan fingerprint density at radius 1 is 1.19 bits per heavy atom. The molecular weight excluding hydrogens is 432 g/mol. The number of halogens is 1. The van der Waals surface area contributed by atoms with Gasteiger partial charge in [0.25, 0.3) is 0 Å². The van der Waals surface area contributed by atoms with E-state index in [1.165, 1.54) is 7.11 Å². The van der Waals surface area contributed by atoms with Crippen LogP contribution in [0.15, 0.2) is 42.5 Å². The van der Waals surface area contributed by atoms with E-state index in [1.807, 2.05) is 42.5 Å². The van der Waals surface area contributed by atoms with Crippen LogP contribution in [0.1, 0.15) is 31.2 Å². The van der Waals surface area contributed by atoms with Gasteiger partial charge in [0.15, 0.2) is 5.13 Å². The van der Waals surface area contributed by atoms with E-state index in [1.54, 1.807) is 11.3 Å². The molecule has 1 aliphatic heterocycles. The molecule has 3 aromatic rings. The molecule has 0 saturated carbocycles. The monoisotopic (exact) mass is 458 g/mol. The second-order valence-electron chi connectivity index (χ2n) is 7.90. The molecule has 0 radical (unpaired) electrons. The van der Waals surface area contributed by atoms with Crippen LogP contribution >= 0.6 is 22.9 Å². The van der Waals surface area contributed by atoms with Crippen LogP contribution in [0.2, 0.25) is 5.02 Å². The van der Waals surface area contributed by atoms with Crippen LogP contribution in [0.25, 0.3) is 10.2 Å². The molecule has 31 heavy (non-hydrogen) atoms. The second-order valence-corrected chi connectivity index (χ2v) is 9.34. The molecule has 5 nitrogen and oxygen atoms in total. The van der Waals surface area contributed by atoms with E-state index >= 15 is 0 Å². The number of methoxy groups -OCH3 is 1. The summed E-state index contributed by atoms with van der Waals surface area (Å²) in [7, 11) is 1.42. The lowest BCUT2D eigenvalue weighted by Gasteiger charge is -2.31. The fourth-order valence-corrected chi connectivity index (χ4v) is 5.17. The smallest absolute Gasteiger partial charge is 0.305 e. The van der Waals surface area contributed by atoms with Gasteiger partial charge in [-0.15, -0.1) is 0 Å². The number of thiazole rings is 1. The lowest BCUT2D eigenvalue weighted by atomic mass is 9.94. The predicted octanol–water partition coefficient (Wildman–Crippen LogP) is 5.74. The van der Waals surface area contributed by atoms with Gasteiger partial charge in [-0.3, -0.25) is 4.79 Å². The Morgan fingerprint density at radius 3 is 2.71 bits per heavy atom. The highest BCUT2D eigenvalue weighted by atomic mass is 35.5. The second kappa shape index (κ2) is 10.3. The Bertz CT molecular complexity index is 1010. The molecule has 1 aromatic heterocycles. The first-order chi connectivity index (χ1) is 15.1. The summed E-state index contributed by atoms with van der Waals surface area (Å²) >= 11 is 7.82. The van der Waals surface area contributed by atoms with E-state index in [9.17, 15) is 4.79 Å². The lowest BCUT2D eigenvalue weighted by Crippen LogP contribution is -2.34. The number of rotatable bonds is 8. The molecule has 2 aromatic carbocycles. The number of fused-ring (bicyclic) bond motifs is 1. The molecule has 2 heterocycles. The molecule has 4 rings (SSSR count). The first kappa shape index (κ1) is 21.9. The Kier molecular flexibility index (Phi) is 7.30. The van der Waals surface area contributed by atoms with Gasteiger partial charge in [-0.05, 0) is 67.5 Å². The summed E-state index contributed by atoms with van der Waals surface area (Å²) in [6.45, 7) is 2.80. The first-order valence-corrected chi connectivity index (χ1v) is 11.9. The molecule has 0 amide bonds. The van der Waals surface area contributed by atoms with Crippen LogP contribution in [0.5, 0.6) is 5.75 Å². The maximum absolute atomic E-state index is 11.2. The molecule has 0 N–H and O–H groups in total. The number of piperidine rings is 1. The number of anilines is 1. The largest absolute Gasteiger partial charge is 0.494 e. The van der Waals surface area contributed by atoms with Gasteiger partial charge in [0.1, 0.15) is 5.75 Å². The topological polar surface area (TPSA) is 51.7 Å². The lowest BCUT2D eigenvalue weighted by molar-refractivity contribution is -0.140. The van der Waals surface area contributed by atoms with Crippen LogP contribution in [0, 0.1) is 5.92 Å². The number of carbonyl (C=O) groups is 1. The standard InChI is InChI=1S/C24H27ClN2O3S/c1-29-23(28)9-4-17-2-6-20(7-3-17)30-15-12-18-10-13-27(14-11-18)24-26-21-8-5-19(25)16-22(21)31-24/h2-3,5-8,16,18H,4,9-15H2,1H3. The molecule has 164 valence electrons. The van der Waals surface area contributed by atoms with Crippen molar-refractivity contribution in [2.45, 2.75) is 32.1 Å². The number of nitrogens with zero attached hydrogens (tertiary/aromatic N) is 2. The minimum Gasteiger partial charge on any atom is -0.494 e. The average Bonchev–Trinajstić information content (AvgIpc) is 3.22. The summed E-state index contributed by atoms with van der Waals surface area (Å²) in [5.74, 6) is 1.38. The zero-order valence-corrected chi connectivity index (χ0v) is 19.3. The zero-order valence-electron chi connectivity index (χ0n) is 17.7. The molecule has 0 atom stereocenters. The third-order valence-electron chi connectivity index (χ3n) is 5.79. The Morgan fingerprint density at radius 2 is 1.97 bits per heavy atom. The summed E-state index contributed by atoms with van der Waals surface area (Å²) in [6, 6.07) is 13.9. The highest BCUT2D eigenvalue weighted by molar-refractivity contribution is 7.22. The van der Waals surface area contributed by atoms with Gasteiger partial charge in [0, 0.05) is 24.5 Å². The van der Waals surface area contributed by atoms with Gasteiger partial charge in [-0.25, -0.2) is 4.98 Å². The maximum atomic E-state index is 11.2. The number of benzene rings is 2. The van der Waals surface area contributed by atoms with Crippen LogP contribution in [-0.4, -0.2) is 37.8 Å². The van der Waals surface area contributed by atoms with Crippen LogP contribution in [0.4, 0.5) is 5.13 Å². The molecule has 1 saturated heterocycles. The van der Waals surface area contributed by atoms with Crippen molar-refractivity contribution in [3.05, 3.63) is 53.1 Å². The van der Waals surface area contributed by atoms with Crippen molar-refractivity contribution in [1.29, 1.82) is 0 Å². The van der Waals surface area contributed by atoms with Crippen molar-refractivity contribution in [3.63, 3.8) is 0 Å². The van der Waals surface area contributed by atoms with E-state index in [0.29, 0.717) is 18.8 Å². The fraction of sp³-hybridized carbons (Fsp3) is 0.417. The third kappa shape index (κ3) is 5.89. The van der Waals surface area contributed by atoms with Crippen molar-refractivity contribution in [1.82, 2.24) is 4.98 Å². The van der Waals surface area contributed by atoms with Gasteiger partial charge in [0.05, 0.1) is 23.9 Å². The SMILES string of the molecule is COC(=O)CCc1ccc(OCCC2CCN(c3nc4ccc(Cl)cc4s3)CC2)cc1. The maximum Gasteiger partial charge on any atom is 0.305 e. The number of hydrogen-bond acceptors (Lipinski definition) is 6. The van der Waals surface area contributed by atoms with Crippen molar-refractivity contribution >= 4 is 44.3 Å². The molecule has 7 heteroatoms. The number of ether oxygens (including phenoxy) is 2. The van der Waals surface area contributed by atoms with Gasteiger partial charge < -0.3 is 14.4 Å². The fourth-order valence-electron chi connectivity index (χ4n) is 3.88. The van der Waals surface area contributed by atoms with Crippen molar-refractivity contribution in [2.24, 2.45) is 5.92 Å². The minimum atomic E-state index is -0.182. The van der Waals surface area contributed by atoms with Gasteiger partial charge in [0.2, 0.25) is 0 Å². The third-order valence-corrected chi connectivity index (χ3v) is 7.10. The summed E-state index contributed by atoms with van der Waals surface area (Å²) in [5.41, 5.74) is 2.14. The van der Waals surface area contributed by atoms with Crippen molar-refractivity contribution in [2.75, 3.05) is 31.7 Å². The van der Waals surface area contributed by atoms with Crippen LogP contribution in [-0.2, 0) is 16.0 Å². The molecule has 1 aliphatic rings. The van der Waals surface area contributed by atoms with Crippen LogP contribution in [0.3, 0.4) is 0 Å². The van der Waals surface area contributed by atoms with E-state index in [0.717, 1.165) is 70.6 Å². The number of hydrogen-bond donors (Lipinski definition) is 0.